The first kappa shape index (κ1) is 11.1. The standard InChI is InChI=1S/C6H12O.C2H2O3/c7-6-4-2-1-3-5-6;3-1-2(4)5/h6-7H,1-5H2;1H,(H,4,5). The average Bonchev–Trinajstić information content (AvgIpc) is 2.07. The molecule has 0 aromatic rings. The Hall–Kier alpha value is -0.900. The van der Waals surface area contributed by atoms with Crippen LogP contribution in [0.2, 0.25) is 0 Å². The highest BCUT2D eigenvalue weighted by Gasteiger charge is 2.07. The van der Waals surface area contributed by atoms with Crippen molar-refractivity contribution in [3.05, 3.63) is 0 Å². The van der Waals surface area contributed by atoms with Crippen molar-refractivity contribution in [1.29, 1.82) is 0 Å². The Labute approximate surface area is 71.2 Å². The van der Waals surface area contributed by atoms with E-state index in [2.05, 4.69) is 0 Å². The molecule has 0 amide bonds. The summed E-state index contributed by atoms with van der Waals surface area (Å²) in [6.45, 7) is 0. The van der Waals surface area contributed by atoms with Crippen molar-refractivity contribution in [2.24, 2.45) is 0 Å². The van der Waals surface area contributed by atoms with E-state index in [0.29, 0.717) is 0 Å². The second kappa shape index (κ2) is 6.79. The molecule has 1 aliphatic rings. The van der Waals surface area contributed by atoms with Gasteiger partial charge in [0, 0.05) is 0 Å². The van der Waals surface area contributed by atoms with Crippen LogP contribution in [0, 0.1) is 0 Å². The van der Waals surface area contributed by atoms with E-state index < -0.39 is 5.97 Å². The van der Waals surface area contributed by atoms with Crippen molar-refractivity contribution in [3.8, 4) is 0 Å². The fourth-order valence-corrected chi connectivity index (χ4v) is 1.08. The van der Waals surface area contributed by atoms with Crippen LogP contribution >= 0.6 is 0 Å². The third-order valence-corrected chi connectivity index (χ3v) is 1.68. The summed E-state index contributed by atoms with van der Waals surface area (Å²) in [5.41, 5.74) is 0. The minimum atomic E-state index is -1.43. The van der Waals surface area contributed by atoms with E-state index in [1.165, 1.54) is 19.3 Å². The van der Waals surface area contributed by atoms with Crippen molar-refractivity contribution < 1.29 is 19.8 Å². The minimum Gasteiger partial charge on any atom is -0.476 e. The summed E-state index contributed by atoms with van der Waals surface area (Å²) >= 11 is 0. The molecule has 70 valence electrons. The lowest BCUT2D eigenvalue weighted by Gasteiger charge is -2.14. The molecule has 1 fully saturated rings. The number of carbonyl (C=O) groups excluding carboxylic acids is 1. The fourth-order valence-electron chi connectivity index (χ4n) is 1.08. The maximum Gasteiger partial charge on any atom is 0.368 e. The van der Waals surface area contributed by atoms with Crippen molar-refractivity contribution >= 4 is 12.3 Å². The van der Waals surface area contributed by atoms with Gasteiger partial charge in [-0.1, -0.05) is 19.3 Å². The van der Waals surface area contributed by atoms with Gasteiger partial charge in [-0.3, -0.25) is 4.79 Å². The van der Waals surface area contributed by atoms with E-state index in [-0.39, 0.29) is 12.4 Å². The maximum absolute atomic E-state index is 9.00. The van der Waals surface area contributed by atoms with Crippen molar-refractivity contribution in [2.45, 2.75) is 38.2 Å². The topological polar surface area (TPSA) is 74.6 Å². The van der Waals surface area contributed by atoms with E-state index in [1.807, 2.05) is 0 Å². The zero-order valence-corrected chi connectivity index (χ0v) is 6.90. The van der Waals surface area contributed by atoms with E-state index in [4.69, 9.17) is 19.8 Å². The van der Waals surface area contributed by atoms with Gasteiger partial charge in [-0.15, -0.1) is 0 Å². The molecule has 0 aliphatic heterocycles. The van der Waals surface area contributed by atoms with Gasteiger partial charge < -0.3 is 10.2 Å². The van der Waals surface area contributed by atoms with Gasteiger partial charge in [0.15, 0.2) is 0 Å². The van der Waals surface area contributed by atoms with E-state index in [9.17, 15) is 0 Å². The molecule has 0 radical (unpaired) electrons. The van der Waals surface area contributed by atoms with E-state index >= 15 is 0 Å². The predicted octanol–water partition coefficient (Wildman–Crippen LogP) is 0.581. The van der Waals surface area contributed by atoms with Gasteiger partial charge in [0.1, 0.15) is 0 Å². The van der Waals surface area contributed by atoms with Crippen LogP contribution in [-0.4, -0.2) is 28.6 Å². The number of carboxylic acid groups (broad SMARTS) is 1. The van der Waals surface area contributed by atoms with Crippen molar-refractivity contribution in [2.75, 3.05) is 0 Å². The minimum absolute atomic E-state index is 0.0359. The van der Waals surface area contributed by atoms with Crippen LogP contribution < -0.4 is 0 Å². The third-order valence-electron chi connectivity index (χ3n) is 1.68. The summed E-state index contributed by atoms with van der Waals surface area (Å²) in [6.07, 6.45) is 5.76. The Morgan fingerprint density at radius 1 is 1.25 bits per heavy atom. The first-order valence-electron chi connectivity index (χ1n) is 4.03. The predicted molar refractivity (Wildman–Crippen MR) is 42.8 cm³/mol. The Kier molecular flexibility index (Phi) is 6.28. The Morgan fingerprint density at radius 2 is 1.67 bits per heavy atom. The summed E-state index contributed by atoms with van der Waals surface area (Å²) in [5, 5.41) is 16.3. The SMILES string of the molecule is O=CC(=O)O.OC1CCCCC1. The third kappa shape index (κ3) is 7.21. The zero-order valence-electron chi connectivity index (χ0n) is 6.90. The molecule has 0 atom stereocenters. The number of hydrogen-bond donors (Lipinski definition) is 2. The van der Waals surface area contributed by atoms with Crippen LogP contribution in [0.4, 0.5) is 0 Å². The molecule has 1 rings (SSSR count). The van der Waals surface area contributed by atoms with Crippen molar-refractivity contribution in [3.63, 3.8) is 0 Å². The van der Waals surface area contributed by atoms with Crippen LogP contribution in [0.15, 0.2) is 0 Å². The molecule has 0 spiro atoms. The molecule has 4 heteroatoms. The Bertz CT molecular complexity index is 138. The first-order valence-corrected chi connectivity index (χ1v) is 4.03. The molecule has 12 heavy (non-hydrogen) atoms. The summed E-state index contributed by atoms with van der Waals surface area (Å²) in [5.74, 6) is -1.43. The summed E-state index contributed by atoms with van der Waals surface area (Å²) < 4.78 is 0. The van der Waals surface area contributed by atoms with Gasteiger partial charge in [-0.25, -0.2) is 4.79 Å². The molecular weight excluding hydrogens is 160 g/mol. The second-order valence-corrected chi connectivity index (χ2v) is 2.75. The van der Waals surface area contributed by atoms with Crippen LogP contribution in [0.3, 0.4) is 0 Å². The molecule has 0 saturated heterocycles. The zero-order chi connectivity index (χ0) is 9.40. The quantitative estimate of drug-likeness (QED) is 0.450. The van der Waals surface area contributed by atoms with Gasteiger partial charge in [0.25, 0.3) is 0 Å². The number of carboxylic acids is 1. The molecule has 0 aromatic heterocycles. The van der Waals surface area contributed by atoms with Crippen LogP contribution in [0.25, 0.3) is 0 Å². The molecule has 0 heterocycles. The largest absolute Gasteiger partial charge is 0.476 e. The highest BCUT2D eigenvalue weighted by atomic mass is 16.4. The van der Waals surface area contributed by atoms with Crippen molar-refractivity contribution in [1.82, 2.24) is 0 Å². The molecule has 1 aliphatic carbocycles. The normalized spacial score (nSPS) is 17.4. The Balaban J connectivity index is 0.000000217. The van der Waals surface area contributed by atoms with Gasteiger partial charge in [-0.05, 0) is 12.8 Å². The summed E-state index contributed by atoms with van der Waals surface area (Å²) in [4.78, 5) is 17.9. The highest BCUT2D eigenvalue weighted by Crippen LogP contribution is 2.16. The molecule has 4 nitrogen and oxygen atoms in total. The number of aliphatic carboxylic acids is 1. The number of aliphatic hydroxyl groups excluding tert-OH is 1. The molecule has 1 saturated carbocycles. The number of aliphatic hydroxyl groups is 1. The first-order chi connectivity index (χ1) is 5.66. The average molecular weight is 174 g/mol. The lowest BCUT2D eigenvalue weighted by Crippen LogP contribution is -2.09. The molecule has 0 aromatic carbocycles. The van der Waals surface area contributed by atoms with Gasteiger partial charge in [0.2, 0.25) is 6.29 Å². The highest BCUT2D eigenvalue weighted by molar-refractivity contribution is 6.19. The van der Waals surface area contributed by atoms with Gasteiger partial charge in [-0.2, -0.15) is 0 Å². The smallest absolute Gasteiger partial charge is 0.368 e. The number of carbonyl (C=O) groups is 2. The fraction of sp³-hybridized carbons (Fsp3) is 0.750. The van der Waals surface area contributed by atoms with Crippen LogP contribution in [0.1, 0.15) is 32.1 Å². The molecular formula is C8H14O4. The van der Waals surface area contributed by atoms with E-state index in [1.54, 1.807) is 0 Å². The second-order valence-electron chi connectivity index (χ2n) is 2.75. The van der Waals surface area contributed by atoms with Crippen LogP contribution in [-0.2, 0) is 9.59 Å². The molecule has 0 unspecified atom stereocenters. The monoisotopic (exact) mass is 174 g/mol. The molecule has 0 bridgehead atoms. The molecule has 2 N–H and O–H groups in total. The number of hydrogen-bond acceptors (Lipinski definition) is 3. The number of rotatable bonds is 1. The lowest BCUT2D eigenvalue weighted by atomic mass is 9.98. The Morgan fingerprint density at radius 3 is 1.83 bits per heavy atom. The van der Waals surface area contributed by atoms with Gasteiger partial charge >= 0.3 is 5.97 Å². The number of aldehydes is 1. The summed E-state index contributed by atoms with van der Waals surface area (Å²) in [6, 6.07) is 0. The maximum atomic E-state index is 9.00. The van der Waals surface area contributed by atoms with Gasteiger partial charge in [0.05, 0.1) is 6.10 Å². The van der Waals surface area contributed by atoms with Crippen LogP contribution in [0.5, 0.6) is 0 Å². The van der Waals surface area contributed by atoms with E-state index in [0.717, 1.165) is 12.8 Å². The summed E-state index contributed by atoms with van der Waals surface area (Å²) in [7, 11) is 0. The lowest BCUT2D eigenvalue weighted by molar-refractivity contribution is -0.143.